The summed E-state index contributed by atoms with van der Waals surface area (Å²) >= 11 is 5.74. The zero-order valence-electron chi connectivity index (χ0n) is 8.52. The van der Waals surface area contributed by atoms with Gasteiger partial charge in [0.15, 0.2) is 0 Å². The first-order chi connectivity index (χ1) is 7.75. The lowest BCUT2D eigenvalue weighted by Crippen LogP contribution is -1.99. The number of aromatic hydroxyl groups is 1. The Balaban J connectivity index is 2.05. The molecule has 2 N–H and O–H groups in total. The van der Waals surface area contributed by atoms with Gasteiger partial charge in [0.05, 0.1) is 5.69 Å². The molecule has 0 aliphatic carbocycles. The largest absolute Gasteiger partial charge is 0.508 e. The Bertz CT molecular complexity index is 474. The monoisotopic (exact) mass is 234 g/mol. The van der Waals surface area contributed by atoms with Crippen molar-refractivity contribution < 1.29 is 5.11 Å². The van der Waals surface area contributed by atoms with Crippen molar-refractivity contribution in [1.82, 2.24) is 4.98 Å². The van der Waals surface area contributed by atoms with Crippen LogP contribution in [0.1, 0.15) is 5.56 Å². The molecule has 0 atom stereocenters. The third kappa shape index (κ3) is 2.64. The average molecular weight is 235 g/mol. The lowest BCUT2D eigenvalue weighted by Gasteiger charge is -2.07. The molecule has 0 bridgehead atoms. The number of rotatable bonds is 3. The quantitative estimate of drug-likeness (QED) is 0.858. The number of hydrogen-bond acceptors (Lipinski definition) is 3. The first-order valence-corrected chi connectivity index (χ1v) is 5.25. The van der Waals surface area contributed by atoms with Crippen molar-refractivity contribution in [2.75, 3.05) is 5.32 Å². The van der Waals surface area contributed by atoms with Crippen LogP contribution in [-0.2, 0) is 6.54 Å². The van der Waals surface area contributed by atoms with Gasteiger partial charge in [0, 0.05) is 29.5 Å². The van der Waals surface area contributed by atoms with Gasteiger partial charge in [-0.3, -0.25) is 4.98 Å². The smallest absolute Gasteiger partial charge is 0.122 e. The number of phenolic OH excluding ortho intramolecular Hbond substituents is 1. The van der Waals surface area contributed by atoms with Crippen LogP contribution in [-0.4, -0.2) is 10.1 Å². The fourth-order valence-electron chi connectivity index (χ4n) is 1.35. The molecule has 0 fully saturated rings. The minimum Gasteiger partial charge on any atom is -0.508 e. The average Bonchev–Trinajstić information content (AvgIpc) is 2.29. The third-order valence-electron chi connectivity index (χ3n) is 2.19. The van der Waals surface area contributed by atoms with Crippen molar-refractivity contribution >= 4 is 17.3 Å². The SMILES string of the molecule is Oc1cc(Cl)ccc1CNc1cccnc1. The molecule has 0 saturated heterocycles. The molecule has 3 nitrogen and oxygen atoms in total. The zero-order chi connectivity index (χ0) is 11.4. The van der Waals surface area contributed by atoms with Crippen LogP contribution in [0.25, 0.3) is 0 Å². The summed E-state index contributed by atoms with van der Waals surface area (Å²) in [6.45, 7) is 0.536. The van der Waals surface area contributed by atoms with E-state index >= 15 is 0 Å². The number of pyridine rings is 1. The number of aromatic nitrogens is 1. The number of hydrogen-bond donors (Lipinski definition) is 2. The Morgan fingerprint density at radius 2 is 2.19 bits per heavy atom. The molecule has 82 valence electrons. The highest BCUT2D eigenvalue weighted by atomic mass is 35.5. The van der Waals surface area contributed by atoms with Crippen molar-refractivity contribution in [3.05, 3.63) is 53.3 Å². The van der Waals surface area contributed by atoms with Crippen molar-refractivity contribution in [2.24, 2.45) is 0 Å². The normalized spacial score (nSPS) is 10.1. The van der Waals surface area contributed by atoms with Gasteiger partial charge in [0.2, 0.25) is 0 Å². The van der Waals surface area contributed by atoms with E-state index in [-0.39, 0.29) is 5.75 Å². The lowest BCUT2D eigenvalue weighted by molar-refractivity contribution is 0.469. The standard InChI is InChI=1S/C12H11ClN2O/c13-10-4-3-9(12(16)6-10)7-15-11-2-1-5-14-8-11/h1-6,8,15-16H,7H2. The first-order valence-electron chi connectivity index (χ1n) is 4.87. The summed E-state index contributed by atoms with van der Waals surface area (Å²) in [7, 11) is 0. The van der Waals surface area contributed by atoms with E-state index in [1.54, 1.807) is 24.5 Å². The minimum atomic E-state index is 0.198. The van der Waals surface area contributed by atoms with Gasteiger partial charge in [-0.05, 0) is 24.3 Å². The number of nitrogens with zero attached hydrogens (tertiary/aromatic N) is 1. The summed E-state index contributed by atoms with van der Waals surface area (Å²) in [6.07, 6.45) is 3.44. The third-order valence-corrected chi connectivity index (χ3v) is 2.43. The number of phenols is 1. The van der Waals surface area contributed by atoms with Crippen LogP contribution in [0.5, 0.6) is 5.75 Å². The van der Waals surface area contributed by atoms with E-state index in [9.17, 15) is 5.11 Å². The topological polar surface area (TPSA) is 45.1 Å². The van der Waals surface area contributed by atoms with Crippen molar-refractivity contribution in [3.8, 4) is 5.75 Å². The molecule has 4 heteroatoms. The maximum absolute atomic E-state index is 9.63. The van der Waals surface area contributed by atoms with Crippen molar-refractivity contribution in [3.63, 3.8) is 0 Å². The molecular weight excluding hydrogens is 224 g/mol. The predicted molar refractivity (Wildman–Crippen MR) is 64.7 cm³/mol. The summed E-state index contributed by atoms with van der Waals surface area (Å²) in [5.74, 6) is 0.198. The van der Waals surface area contributed by atoms with Gasteiger partial charge < -0.3 is 10.4 Å². The lowest BCUT2D eigenvalue weighted by atomic mass is 10.2. The van der Waals surface area contributed by atoms with Gasteiger partial charge in [0.1, 0.15) is 5.75 Å². The molecule has 16 heavy (non-hydrogen) atoms. The van der Waals surface area contributed by atoms with Crippen LogP contribution in [0.15, 0.2) is 42.7 Å². The maximum Gasteiger partial charge on any atom is 0.122 e. The first kappa shape index (κ1) is 10.8. The van der Waals surface area contributed by atoms with Gasteiger partial charge in [-0.2, -0.15) is 0 Å². The number of benzene rings is 1. The second-order valence-electron chi connectivity index (χ2n) is 3.37. The fraction of sp³-hybridized carbons (Fsp3) is 0.0833. The molecular formula is C12H11ClN2O. The number of nitrogens with one attached hydrogen (secondary N) is 1. The van der Waals surface area contributed by atoms with Crippen molar-refractivity contribution in [2.45, 2.75) is 6.54 Å². The van der Waals surface area contributed by atoms with Gasteiger partial charge in [-0.25, -0.2) is 0 Å². The summed E-state index contributed by atoms with van der Waals surface area (Å²) in [5, 5.41) is 13.3. The van der Waals surface area contributed by atoms with Gasteiger partial charge in [-0.1, -0.05) is 17.7 Å². The van der Waals surface area contributed by atoms with E-state index in [1.807, 2.05) is 12.1 Å². The minimum absolute atomic E-state index is 0.198. The fourth-order valence-corrected chi connectivity index (χ4v) is 1.52. The van der Waals surface area contributed by atoms with Crippen LogP contribution in [0.4, 0.5) is 5.69 Å². The van der Waals surface area contributed by atoms with E-state index < -0.39 is 0 Å². The predicted octanol–water partition coefficient (Wildman–Crippen LogP) is 3.05. The molecule has 0 radical (unpaired) electrons. The highest BCUT2D eigenvalue weighted by molar-refractivity contribution is 6.30. The van der Waals surface area contributed by atoms with E-state index in [0.717, 1.165) is 11.3 Å². The molecule has 0 saturated carbocycles. The van der Waals surface area contributed by atoms with E-state index in [0.29, 0.717) is 11.6 Å². The molecule has 1 heterocycles. The number of anilines is 1. The molecule has 2 aromatic rings. The van der Waals surface area contributed by atoms with Gasteiger partial charge >= 0.3 is 0 Å². The van der Waals surface area contributed by atoms with Crippen molar-refractivity contribution in [1.29, 1.82) is 0 Å². The van der Waals surface area contributed by atoms with Crippen LogP contribution in [0.2, 0.25) is 5.02 Å². The highest BCUT2D eigenvalue weighted by Crippen LogP contribution is 2.22. The Hall–Kier alpha value is -1.74. The van der Waals surface area contributed by atoms with E-state index in [1.165, 1.54) is 6.07 Å². The van der Waals surface area contributed by atoms with Gasteiger partial charge in [0.25, 0.3) is 0 Å². The highest BCUT2D eigenvalue weighted by Gasteiger charge is 2.01. The van der Waals surface area contributed by atoms with Crippen LogP contribution in [0.3, 0.4) is 0 Å². The second kappa shape index (κ2) is 4.86. The molecule has 0 aliphatic heterocycles. The summed E-state index contributed by atoms with van der Waals surface area (Å²) in [5.41, 5.74) is 1.71. The Labute approximate surface area is 98.7 Å². The molecule has 0 aliphatic rings. The number of halogens is 1. The molecule has 0 amide bonds. The molecule has 0 spiro atoms. The Kier molecular flexibility index (Phi) is 3.27. The summed E-state index contributed by atoms with van der Waals surface area (Å²) in [4.78, 5) is 3.99. The zero-order valence-corrected chi connectivity index (χ0v) is 9.28. The van der Waals surface area contributed by atoms with E-state index in [2.05, 4.69) is 10.3 Å². The molecule has 0 unspecified atom stereocenters. The Morgan fingerprint density at radius 1 is 1.31 bits per heavy atom. The molecule has 1 aromatic carbocycles. The van der Waals surface area contributed by atoms with E-state index in [4.69, 9.17) is 11.6 Å². The van der Waals surface area contributed by atoms with Crippen LogP contribution >= 0.6 is 11.6 Å². The van der Waals surface area contributed by atoms with Gasteiger partial charge in [-0.15, -0.1) is 0 Å². The van der Waals surface area contributed by atoms with Crippen LogP contribution in [0, 0.1) is 0 Å². The Morgan fingerprint density at radius 3 is 2.88 bits per heavy atom. The molecule has 2 rings (SSSR count). The molecule has 1 aromatic heterocycles. The summed E-state index contributed by atoms with van der Waals surface area (Å²) in [6, 6.07) is 8.84. The summed E-state index contributed by atoms with van der Waals surface area (Å²) < 4.78 is 0. The second-order valence-corrected chi connectivity index (χ2v) is 3.80. The van der Waals surface area contributed by atoms with Crippen LogP contribution < -0.4 is 5.32 Å². The maximum atomic E-state index is 9.63.